The number of aryl methyl sites for hydroxylation is 1. The molecule has 1 N–H and O–H groups in total. The van der Waals surface area contributed by atoms with Crippen LogP contribution in [-0.2, 0) is 6.42 Å². The van der Waals surface area contributed by atoms with Gasteiger partial charge in [-0.3, -0.25) is 0 Å². The van der Waals surface area contributed by atoms with Gasteiger partial charge in [-0.25, -0.2) is 4.39 Å². The Labute approximate surface area is 126 Å². The van der Waals surface area contributed by atoms with E-state index >= 15 is 0 Å². The molecule has 0 amide bonds. The first-order valence-electron chi connectivity index (χ1n) is 5.87. The predicted octanol–water partition coefficient (Wildman–Crippen LogP) is 5.01. The van der Waals surface area contributed by atoms with Gasteiger partial charge in [0, 0.05) is 15.9 Å². The number of nitrogens with one attached hydrogen (secondary N) is 1. The molecule has 0 saturated carbocycles. The van der Waals surface area contributed by atoms with Crippen LogP contribution in [-0.4, -0.2) is 7.05 Å². The molecule has 1 aromatic heterocycles. The summed E-state index contributed by atoms with van der Waals surface area (Å²) >= 11 is 13.8. The lowest BCUT2D eigenvalue weighted by Gasteiger charge is -2.16. The van der Waals surface area contributed by atoms with Gasteiger partial charge in [0.15, 0.2) is 0 Å². The van der Waals surface area contributed by atoms with Crippen LogP contribution in [0, 0.1) is 12.7 Å². The van der Waals surface area contributed by atoms with Crippen molar-refractivity contribution < 1.29 is 4.39 Å². The van der Waals surface area contributed by atoms with Gasteiger partial charge < -0.3 is 5.32 Å². The number of halogens is 3. The maximum atomic E-state index is 13.8. The van der Waals surface area contributed by atoms with Crippen LogP contribution < -0.4 is 5.32 Å². The van der Waals surface area contributed by atoms with Crippen molar-refractivity contribution in [3.05, 3.63) is 55.4 Å². The molecule has 1 unspecified atom stereocenters. The summed E-state index contributed by atoms with van der Waals surface area (Å²) < 4.78 is 13.8. The Bertz CT molecular complexity index is 583. The monoisotopic (exact) mass is 317 g/mol. The minimum absolute atomic E-state index is 0.0147. The van der Waals surface area contributed by atoms with Crippen LogP contribution in [0.15, 0.2) is 23.6 Å². The molecule has 0 spiro atoms. The van der Waals surface area contributed by atoms with E-state index in [0.29, 0.717) is 17.0 Å². The standard InChI is InChI=1S/C14H14Cl2FNS/c1-8-7-19-14(13(8)16)12(18-2)6-9-5-10(15)3-4-11(9)17/h3-5,7,12,18H,6H2,1-2H3. The Kier molecular flexibility index (Phi) is 4.85. The summed E-state index contributed by atoms with van der Waals surface area (Å²) in [4.78, 5) is 1.03. The average molecular weight is 318 g/mol. The smallest absolute Gasteiger partial charge is 0.126 e. The zero-order valence-corrected chi connectivity index (χ0v) is 13.0. The van der Waals surface area contributed by atoms with Crippen molar-refractivity contribution in [3.8, 4) is 0 Å². The Hall–Kier alpha value is -0.610. The summed E-state index contributed by atoms with van der Waals surface area (Å²) in [6.07, 6.45) is 0.516. The molecule has 0 aliphatic heterocycles. The van der Waals surface area contributed by atoms with E-state index in [2.05, 4.69) is 5.32 Å². The lowest BCUT2D eigenvalue weighted by molar-refractivity contribution is 0.560. The number of hydrogen-bond acceptors (Lipinski definition) is 2. The Morgan fingerprint density at radius 1 is 1.37 bits per heavy atom. The molecule has 0 fully saturated rings. The van der Waals surface area contributed by atoms with Crippen LogP contribution in [0.2, 0.25) is 10.0 Å². The van der Waals surface area contributed by atoms with Gasteiger partial charge in [-0.1, -0.05) is 23.2 Å². The van der Waals surface area contributed by atoms with Gasteiger partial charge in [-0.2, -0.15) is 0 Å². The molecule has 0 bridgehead atoms. The molecule has 5 heteroatoms. The first-order valence-corrected chi connectivity index (χ1v) is 7.51. The van der Waals surface area contributed by atoms with Gasteiger partial charge in [0.2, 0.25) is 0 Å². The Morgan fingerprint density at radius 2 is 2.11 bits per heavy atom. The third-order valence-corrected chi connectivity index (χ3v) is 5.08. The molecular formula is C14H14Cl2FNS. The molecule has 1 atom stereocenters. The van der Waals surface area contributed by atoms with E-state index in [4.69, 9.17) is 23.2 Å². The number of hydrogen-bond donors (Lipinski definition) is 1. The summed E-state index contributed by atoms with van der Waals surface area (Å²) in [6.45, 7) is 1.97. The summed E-state index contributed by atoms with van der Waals surface area (Å²) in [7, 11) is 1.85. The minimum Gasteiger partial charge on any atom is -0.312 e. The minimum atomic E-state index is -0.242. The topological polar surface area (TPSA) is 12.0 Å². The summed E-state index contributed by atoms with van der Waals surface area (Å²) in [5.74, 6) is -0.242. The molecule has 1 aromatic carbocycles. The van der Waals surface area contributed by atoms with E-state index in [1.54, 1.807) is 23.5 Å². The van der Waals surface area contributed by atoms with E-state index in [-0.39, 0.29) is 11.9 Å². The molecule has 2 rings (SSSR count). The fourth-order valence-electron chi connectivity index (χ4n) is 1.93. The van der Waals surface area contributed by atoms with Gasteiger partial charge in [0.05, 0.1) is 5.02 Å². The van der Waals surface area contributed by atoms with Crippen molar-refractivity contribution >= 4 is 34.5 Å². The van der Waals surface area contributed by atoms with E-state index in [0.717, 1.165) is 15.5 Å². The van der Waals surface area contributed by atoms with Crippen molar-refractivity contribution in [2.45, 2.75) is 19.4 Å². The van der Waals surface area contributed by atoms with Crippen molar-refractivity contribution in [1.82, 2.24) is 5.32 Å². The molecule has 19 heavy (non-hydrogen) atoms. The van der Waals surface area contributed by atoms with Crippen molar-refractivity contribution in [2.24, 2.45) is 0 Å². The van der Waals surface area contributed by atoms with Gasteiger partial charge in [-0.15, -0.1) is 11.3 Å². The van der Waals surface area contributed by atoms with Crippen LogP contribution in [0.25, 0.3) is 0 Å². The zero-order chi connectivity index (χ0) is 14.0. The van der Waals surface area contributed by atoms with Crippen molar-refractivity contribution in [3.63, 3.8) is 0 Å². The fraction of sp³-hybridized carbons (Fsp3) is 0.286. The quantitative estimate of drug-likeness (QED) is 0.836. The van der Waals surface area contributed by atoms with Gasteiger partial charge in [0.25, 0.3) is 0 Å². The van der Waals surface area contributed by atoms with Gasteiger partial charge >= 0.3 is 0 Å². The van der Waals surface area contributed by atoms with E-state index < -0.39 is 0 Å². The largest absolute Gasteiger partial charge is 0.312 e. The summed E-state index contributed by atoms with van der Waals surface area (Å²) in [6, 6.07) is 4.59. The van der Waals surface area contributed by atoms with Gasteiger partial charge in [-0.05, 0) is 55.1 Å². The second-order valence-corrected chi connectivity index (χ2v) is 6.10. The molecule has 0 saturated heterocycles. The third kappa shape index (κ3) is 3.29. The third-order valence-electron chi connectivity index (χ3n) is 3.02. The molecule has 2 aromatic rings. The SMILES string of the molecule is CNC(Cc1cc(Cl)ccc1F)c1scc(C)c1Cl. The molecule has 0 aliphatic rings. The lowest BCUT2D eigenvalue weighted by atomic mass is 10.0. The molecular weight excluding hydrogens is 304 g/mol. The van der Waals surface area contributed by atoms with Crippen LogP contribution >= 0.6 is 34.5 Å². The number of rotatable bonds is 4. The van der Waals surface area contributed by atoms with Crippen molar-refractivity contribution in [1.29, 1.82) is 0 Å². The highest BCUT2D eigenvalue weighted by Gasteiger charge is 2.18. The van der Waals surface area contributed by atoms with Crippen molar-refractivity contribution in [2.75, 3.05) is 7.05 Å². The average Bonchev–Trinajstić information content (AvgIpc) is 2.71. The Balaban J connectivity index is 2.29. The van der Waals surface area contributed by atoms with Crippen LogP contribution in [0.3, 0.4) is 0 Å². The highest BCUT2D eigenvalue weighted by Crippen LogP contribution is 2.34. The molecule has 1 heterocycles. The first kappa shape index (κ1) is 14.8. The molecule has 0 aliphatic carbocycles. The molecule has 1 nitrogen and oxygen atoms in total. The summed E-state index contributed by atoms with van der Waals surface area (Å²) in [5, 5.41) is 6.49. The lowest BCUT2D eigenvalue weighted by Crippen LogP contribution is -2.18. The Morgan fingerprint density at radius 3 is 2.68 bits per heavy atom. The van der Waals surface area contributed by atoms with Crippen LogP contribution in [0.4, 0.5) is 4.39 Å². The normalized spacial score (nSPS) is 12.7. The second-order valence-electron chi connectivity index (χ2n) is 4.38. The molecule has 0 radical (unpaired) electrons. The van der Waals surface area contributed by atoms with E-state index in [1.165, 1.54) is 6.07 Å². The zero-order valence-electron chi connectivity index (χ0n) is 10.6. The first-order chi connectivity index (χ1) is 9.02. The second kappa shape index (κ2) is 6.23. The maximum Gasteiger partial charge on any atom is 0.126 e. The number of benzene rings is 1. The van der Waals surface area contributed by atoms with E-state index in [9.17, 15) is 4.39 Å². The molecule has 102 valence electrons. The predicted molar refractivity (Wildman–Crippen MR) is 81.0 cm³/mol. The fourth-order valence-corrected chi connectivity index (χ4v) is 3.56. The maximum absolute atomic E-state index is 13.8. The number of thiophene rings is 1. The number of likely N-dealkylation sites (N-methyl/N-ethyl adjacent to an activating group) is 1. The van der Waals surface area contributed by atoms with E-state index in [1.807, 2.05) is 19.4 Å². The summed E-state index contributed by atoms with van der Waals surface area (Å²) in [5.41, 5.74) is 1.64. The van der Waals surface area contributed by atoms with Gasteiger partial charge in [0.1, 0.15) is 5.82 Å². The van der Waals surface area contributed by atoms with Crippen LogP contribution in [0.1, 0.15) is 22.0 Å². The highest BCUT2D eigenvalue weighted by molar-refractivity contribution is 7.10. The highest BCUT2D eigenvalue weighted by atomic mass is 35.5. The van der Waals surface area contributed by atoms with Crippen LogP contribution in [0.5, 0.6) is 0 Å².